The summed E-state index contributed by atoms with van der Waals surface area (Å²) >= 11 is 0. The summed E-state index contributed by atoms with van der Waals surface area (Å²) in [6.07, 6.45) is 5.90. The van der Waals surface area contributed by atoms with Crippen LogP contribution >= 0.6 is 0 Å². The molecule has 0 aromatic heterocycles. The van der Waals surface area contributed by atoms with Gasteiger partial charge in [0.05, 0.1) is 6.10 Å². The Kier molecular flexibility index (Phi) is 5.76. The number of hydrogen-bond donors (Lipinski definition) is 2. The summed E-state index contributed by atoms with van der Waals surface area (Å²) in [6, 6.07) is 8.03. The maximum Gasteiger partial charge on any atom is 0.248 e. The zero-order chi connectivity index (χ0) is 15.2. The van der Waals surface area contributed by atoms with Gasteiger partial charge in [-0.25, -0.2) is 0 Å². The van der Waals surface area contributed by atoms with E-state index in [0.29, 0.717) is 18.2 Å². The number of hydrogen-bond acceptors (Lipinski definition) is 3. The van der Waals surface area contributed by atoms with Crippen LogP contribution in [0, 0.1) is 0 Å². The molecule has 1 saturated carbocycles. The number of carbonyl (C=O) groups excluding carboxylic acids is 1. The Bertz CT molecular complexity index is 468. The van der Waals surface area contributed by atoms with E-state index in [4.69, 9.17) is 5.73 Å². The number of amides is 1. The van der Waals surface area contributed by atoms with Gasteiger partial charge in [0.1, 0.15) is 0 Å². The molecule has 0 bridgehead atoms. The van der Waals surface area contributed by atoms with Gasteiger partial charge in [-0.15, -0.1) is 0 Å². The predicted octanol–water partition coefficient (Wildman–Crippen LogP) is 2.30. The zero-order valence-corrected chi connectivity index (χ0v) is 12.8. The van der Waals surface area contributed by atoms with Gasteiger partial charge >= 0.3 is 0 Å². The summed E-state index contributed by atoms with van der Waals surface area (Å²) in [7, 11) is 0. The minimum atomic E-state index is -0.392. The van der Waals surface area contributed by atoms with Gasteiger partial charge in [0.2, 0.25) is 5.91 Å². The highest BCUT2D eigenvalue weighted by Gasteiger charge is 2.22. The fourth-order valence-corrected chi connectivity index (χ4v) is 3.19. The molecule has 0 saturated heterocycles. The Balaban J connectivity index is 2.09. The molecule has 3 N–H and O–H groups in total. The van der Waals surface area contributed by atoms with Gasteiger partial charge in [0, 0.05) is 24.7 Å². The van der Waals surface area contributed by atoms with Crippen molar-refractivity contribution in [3.8, 4) is 0 Å². The number of aliphatic hydroxyl groups excluding tert-OH is 1. The van der Waals surface area contributed by atoms with Crippen molar-refractivity contribution >= 4 is 5.91 Å². The highest BCUT2D eigenvalue weighted by Crippen LogP contribution is 2.24. The molecule has 1 aliphatic rings. The van der Waals surface area contributed by atoms with Crippen molar-refractivity contribution in [3.63, 3.8) is 0 Å². The first-order valence-corrected chi connectivity index (χ1v) is 7.87. The highest BCUT2D eigenvalue weighted by molar-refractivity contribution is 5.92. The summed E-state index contributed by atoms with van der Waals surface area (Å²) in [4.78, 5) is 13.6. The smallest absolute Gasteiger partial charge is 0.248 e. The van der Waals surface area contributed by atoms with E-state index in [9.17, 15) is 9.90 Å². The summed E-state index contributed by atoms with van der Waals surface area (Å²) in [5.74, 6) is -0.392. The van der Waals surface area contributed by atoms with E-state index < -0.39 is 5.91 Å². The van der Waals surface area contributed by atoms with Gasteiger partial charge < -0.3 is 10.8 Å². The van der Waals surface area contributed by atoms with Crippen LogP contribution < -0.4 is 5.73 Å². The molecule has 116 valence electrons. The number of nitrogens with two attached hydrogens (primary N) is 1. The van der Waals surface area contributed by atoms with E-state index in [-0.39, 0.29) is 6.10 Å². The Morgan fingerprint density at radius 3 is 2.71 bits per heavy atom. The van der Waals surface area contributed by atoms with Crippen LogP contribution in [0.15, 0.2) is 24.3 Å². The van der Waals surface area contributed by atoms with Crippen molar-refractivity contribution in [2.45, 2.75) is 57.7 Å². The molecule has 1 aromatic carbocycles. The highest BCUT2D eigenvalue weighted by atomic mass is 16.3. The van der Waals surface area contributed by atoms with Crippen LogP contribution in [-0.4, -0.2) is 34.6 Å². The largest absolute Gasteiger partial charge is 0.392 e. The molecule has 0 spiro atoms. The molecular formula is C17H26N2O2. The quantitative estimate of drug-likeness (QED) is 0.845. The number of rotatable bonds is 6. The minimum Gasteiger partial charge on any atom is -0.392 e. The maximum absolute atomic E-state index is 11.3. The molecule has 2 rings (SSSR count). The Morgan fingerprint density at radius 1 is 1.38 bits per heavy atom. The van der Waals surface area contributed by atoms with Crippen LogP contribution in [-0.2, 0) is 6.54 Å². The monoisotopic (exact) mass is 290 g/mol. The molecule has 1 unspecified atom stereocenters. The second-order valence-corrected chi connectivity index (χ2v) is 6.13. The topological polar surface area (TPSA) is 66.6 Å². The van der Waals surface area contributed by atoms with Gasteiger partial charge in [-0.2, -0.15) is 0 Å². The van der Waals surface area contributed by atoms with Gasteiger partial charge in [0.25, 0.3) is 0 Å². The van der Waals surface area contributed by atoms with Crippen molar-refractivity contribution in [1.82, 2.24) is 4.90 Å². The third-order valence-corrected chi connectivity index (χ3v) is 4.19. The summed E-state index contributed by atoms with van der Waals surface area (Å²) < 4.78 is 0. The van der Waals surface area contributed by atoms with Crippen LogP contribution in [0.1, 0.15) is 54.9 Å². The van der Waals surface area contributed by atoms with Crippen molar-refractivity contribution in [2.75, 3.05) is 6.54 Å². The van der Waals surface area contributed by atoms with E-state index in [1.165, 1.54) is 32.1 Å². The molecule has 0 radical (unpaired) electrons. The number of benzene rings is 1. The first-order valence-electron chi connectivity index (χ1n) is 7.87. The normalized spacial score (nSPS) is 17.9. The lowest BCUT2D eigenvalue weighted by atomic mass is 9.93. The average molecular weight is 290 g/mol. The number of primary amides is 1. The molecule has 4 nitrogen and oxygen atoms in total. The molecule has 1 aromatic rings. The lowest BCUT2D eigenvalue weighted by Gasteiger charge is -2.35. The number of carbonyl (C=O) groups is 1. The van der Waals surface area contributed by atoms with Gasteiger partial charge in [-0.3, -0.25) is 9.69 Å². The van der Waals surface area contributed by atoms with Crippen LogP contribution in [0.3, 0.4) is 0 Å². The van der Waals surface area contributed by atoms with Gasteiger partial charge in [-0.1, -0.05) is 31.4 Å². The fourth-order valence-electron chi connectivity index (χ4n) is 3.19. The minimum absolute atomic E-state index is 0.341. The SMILES string of the molecule is CC(O)CN(Cc1cccc(C(N)=O)c1)C1CCCCC1. The number of nitrogens with zero attached hydrogens (tertiary/aromatic N) is 1. The van der Waals surface area contributed by atoms with Crippen molar-refractivity contribution < 1.29 is 9.90 Å². The summed E-state index contributed by atoms with van der Waals surface area (Å²) in [6.45, 7) is 3.26. The van der Waals surface area contributed by atoms with Crippen LogP contribution in [0.25, 0.3) is 0 Å². The third-order valence-electron chi connectivity index (χ3n) is 4.19. The van der Waals surface area contributed by atoms with E-state index in [1.807, 2.05) is 25.1 Å². The van der Waals surface area contributed by atoms with Crippen LogP contribution in [0.2, 0.25) is 0 Å². The van der Waals surface area contributed by atoms with Gasteiger partial charge in [-0.05, 0) is 37.5 Å². The van der Waals surface area contributed by atoms with Gasteiger partial charge in [0.15, 0.2) is 0 Å². The van der Waals surface area contributed by atoms with E-state index >= 15 is 0 Å². The first kappa shape index (κ1) is 16.0. The van der Waals surface area contributed by atoms with Crippen LogP contribution in [0.5, 0.6) is 0 Å². The van der Waals surface area contributed by atoms with E-state index in [1.54, 1.807) is 6.07 Å². The van der Waals surface area contributed by atoms with E-state index in [0.717, 1.165) is 12.1 Å². The standard InChI is InChI=1S/C17H26N2O2/c1-13(20)11-19(16-8-3-2-4-9-16)12-14-6-5-7-15(10-14)17(18)21/h5-7,10,13,16,20H,2-4,8-9,11-12H2,1H3,(H2,18,21). The lowest BCUT2D eigenvalue weighted by molar-refractivity contribution is 0.0768. The number of aliphatic hydroxyl groups is 1. The molecule has 1 amide bonds. The molecule has 1 atom stereocenters. The van der Waals surface area contributed by atoms with Crippen molar-refractivity contribution in [3.05, 3.63) is 35.4 Å². The zero-order valence-electron chi connectivity index (χ0n) is 12.8. The Labute approximate surface area is 126 Å². The van der Waals surface area contributed by atoms with Crippen molar-refractivity contribution in [2.24, 2.45) is 5.73 Å². The molecular weight excluding hydrogens is 264 g/mol. The molecule has 0 aliphatic heterocycles. The molecule has 21 heavy (non-hydrogen) atoms. The Hall–Kier alpha value is -1.39. The average Bonchev–Trinajstić information content (AvgIpc) is 2.47. The summed E-state index contributed by atoms with van der Waals surface area (Å²) in [5.41, 5.74) is 6.97. The molecule has 1 fully saturated rings. The van der Waals surface area contributed by atoms with Crippen molar-refractivity contribution in [1.29, 1.82) is 0 Å². The fraction of sp³-hybridized carbons (Fsp3) is 0.588. The first-order chi connectivity index (χ1) is 10.1. The maximum atomic E-state index is 11.3. The predicted molar refractivity (Wildman–Crippen MR) is 83.9 cm³/mol. The molecule has 0 heterocycles. The molecule has 4 heteroatoms. The lowest BCUT2D eigenvalue weighted by Crippen LogP contribution is -2.40. The second kappa shape index (κ2) is 7.57. The third kappa shape index (κ3) is 4.83. The summed E-state index contributed by atoms with van der Waals surface area (Å²) in [5, 5.41) is 9.76. The Morgan fingerprint density at radius 2 is 2.10 bits per heavy atom. The second-order valence-electron chi connectivity index (χ2n) is 6.13. The van der Waals surface area contributed by atoms with Crippen LogP contribution in [0.4, 0.5) is 0 Å². The molecule has 1 aliphatic carbocycles. The van der Waals surface area contributed by atoms with E-state index in [2.05, 4.69) is 4.90 Å².